The van der Waals surface area contributed by atoms with Crippen molar-refractivity contribution in [3.05, 3.63) is 138 Å². The zero-order valence-corrected chi connectivity index (χ0v) is 21.4. The van der Waals surface area contributed by atoms with Gasteiger partial charge in [0.2, 0.25) is 0 Å². The molecule has 0 bridgehead atoms. The Balaban J connectivity index is 1.50. The van der Waals surface area contributed by atoms with Gasteiger partial charge in [0, 0.05) is 22.9 Å². The zero-order chi connectivity index (χ0) is 26.6. The fraction of sp³-hybridized carbons (Fsp3) is 0.0606. The minimum Gasteiger partial charge on any atom is -0.494 e. The number of rotatable bonds is 7. The molecule has 1 aliphatic rings. The molecule has 190 valence electrons. The predicted octanol–water partition coefficient (Wildman–Crippen LogP) is 6.77. The lowest BCUT2D eigenvalue weighted by molar-refractivity contribution is -0.114. The van der Waals surface area contributed by atoms with Crippen LogP contribution in [-0.4, -0.2) is 28.0 Å². The van der Waals surface area contributed by atoms with Crippen LogP contribution in [0, 0.1) is 0 Å². The summed E-state index contributed by atoms with van der Waals surface area (Å²) in [6.45, 7) is 2.56. The van der Waals surface area contributed by atoms with Gasteiger partial charge in [0.1, 0.15) is 11.5 Å². The average molecular weight is 511 g/mol. The summed E-state index contributed by atoms with van der Waals surface area (Å²) in [5.41, 5.74) is 6.12. The standard InChI is InChI=1S/C33H26N4O2/c1-2-39-29-20-18-25(19-21-29)31-26(23-36(34-31)27-14-8-4-9-15-27)22-30-32(24-12-6-3-7-13-24)35-37(33(30)38)28-16-10-5-11-17-28/h3-23H,2H2,1H3. The van der Waals surface area contributed by atoms with Crippen LogP contribution in [0.3, 0.4) is 0 Å². The first-order valence-electron chi connectivity index (χ1n) is 12.8. The third kappa shape index (κ3) is 4.88. The van der Waals surface area contributed by atoms with Gasteiger partial charge in [0.05, 0.1) is 29.2 Å². The highest BCUT2D eigenvalue weighted by atomic mass is 16.5. The third-order valence-electron chi connectivity index (χ3n) is 6.43. The summed E-state index contributed by atoms with van der Waals surface area (Å²) in [6, 6.07) is 37.0. The molecule has 0 saturated heterocycles. The monoisotopic (exact) mass is 510 g/mol. The Morgan fingerprint density at radius 3 is 2.00 bits per heavy atom. The van der Waals surface area contributed by atoms with Crippen molar-refractivity contribution in [1.29, 1.82) is 0 Å². The van der Waals surface area contributed by atoms with E-state index in [1.54, 1.807) is 0 Å². The Kier molecular flexibility index (Phi) is 6.58. The minimum absolute atomic E-state index is 0.190. The fourth-order valence-corrected chi connectivity index (χ4v) is 4.56. The van der Waals surface area contributed by atoms with Crippen LogP contribution in [0.1, 0.15) is 18.1 Å². The van der Waals surface area contributed by atoms with E-state index in [1.165, 1.54) is 5.01 Å². The molecule has 0 saturated carbocycles. The first-order valence-corrected chi connectivity index (χ1v) is 12.8. The van der Waals surface area contributed by atoms with Crippen molar-refractivity contribution in [1.82, 2.24) is 9.78 Å². The summed E-state index contributed by atoms with van der Waals surface area (Å²) in [6.07, 6.45) is 3.85. The number of hydrogen-bond donors (Lipinski definition) is 0. The molecule has 39 heavy (non-hydrogen) atoms. The number of aromatic nitrogens is 2. The number of hydrazone groups is 1. The van der Waals surface area contributed by atoms with Gasteiger partial charge < -0.3 is 4.74 Å². The van der Waals surface area contributed by atoms with Gasteiger partial charge >= 0.3 is 0 Å². The van der Waals surface area contributed by atoms with Crippen molar-refractivity contribution in [2.45, 2.75) is 6.92 Å². The number of nitrogens with zero attached hydrogens (tertiary/aromatic N) is 4. The number of ether oxygens (including phenoxy) is 1. The van der Waals surface area contributed by atoms with Gasteiger partial charge in [-0.15, -0.1) is 0 Å². The first-order chi connectivity index (χ1) is 19.2. The maximum absolute atomic E-state index is 13.8. The van der Waals surface area contributed by atoms with E-state index in [4.69, 9.17) is 14.9 Å². The van der Waals surface area contributed by atoms with Crippen LogP contribution < -0.4 is 9.75 Å². The van der Waals surface area contributed by atoms with Crippen molar-refractivity contribution >= 4 is 23.4 Å². The lowest BCUT2D eigenvalue weighted by Gasteiger charge is -2.10. The van der Waals surface area contributed by atoms with E-state index in [-0.39, 0.29) is 5.91 Å². The van der Waals surface area contributed by atoms with Crippen LogP contribution in [0.2, 0.25) is 0 Å². The largest absolute Gasteiger partial charge is 0.494 e. The van der Waals surface area contributed by atoms with Gasteiger partial charge in [0.15, 0.2) is 0 Å². The Morgan fingerprint density at radius 2 is 1.36 bits per heavy atom. The summed E-state index contributed by atoms with van der Waals surface area (Å²) in [5.74, 6) is 0.608. The Hall–Kier alpha value is -5.23. The summed E-state index contributed by atoms with van der Waals surface area (Å²) < 4.78 is 7.48. The number of hydrogen-bond acceptors (Lipinski definition) is 4. The summed E-state index contributed by atoms with van der Waals surface area (Å²) >= 11 is 0. The van der Waals surface area contributed by atoms with Crippen molar-refractivity contribution in [2.75, 3.05) is 11.6 Å². The molecule has 6 rings (SSSR count). The highest BCUT2D eigenvalue weighted by Gasteiger charge is 2.32. The van der Waals surface area contributed by atoms with E-state index < -0.39 is 0 Å². The van der Waals surface area contributed by atoms with Crippen molar-refractivity contribution < 1.29 is 9.53 Å². The van der Waals surface area contributed by atoms with E-state index in [0.29, 0.717) is 23.6 Å². The molecule has 1 aliphatic heterocycles. The smallest absolute Gasteiger partial charge is 0.281 e. The number of carbonyl (C=O) groups excluding carboxylic acids is 1. The van der Waals surface area contributed by atoms with E-state index in [9.17, 15) is 4.79 Å². The first kappa shape index (κ1) is 24.1. The molecule has 0 fully saturated rings. The molecule has 0 radical (unpaired) electrons. The van der Waals surface area contributed by atoms with Crippen molar-refractivity contribution in [3.8, 4) is 22.7 Å². The lowest BCUT2D eigenvalue weighted by atomic mass is 9.99. The highest BCUT2D eigenvalue weighted by Crippen LogP contribution is 2.32. The molecule has 5 aromatic rings. The third-order valence-corrected chi connectivity index (χ3v) is 6.43. The number of carbonyl (C=O) groups is 1. The Morgan fingerprint density at radius 1 is 0.744 bits per heavy atom. The predicted molar refractivity (Wildman–Crippen MR) is 155 cm³/mol. The van der Waals surface area contributed by atoms with E-state index >= 15 is 0 Å². The topological polar surface area (TPSA) is 59.7 Å². The number of para-hydroxylation sites is 2. The second-order valence-electron chi connectivity index (χ2n) is 9.00. The lowest BCUT2D eigenvalue weighted by Crippen LogP contribution is -2.21. The molecule has 1 amide bonds. The van der Waals surface area contributed by atoms with Gasteiger partial charge in [-0.05, 0) is 61.5 Å². The zero-order valence-electron chi connectivity index (χ0n) is 21.4. The van der Waals surface area contributed by atoms with Crippen LogP contribution in [0.25, 0.3) is 23.0 Å². The van der Waals surface area contributed by atoms with Crippen LogP contribution in [0.5, 0.6) is 5.75 Å². The minimum atomic E-state index is -0.190. The second-order valence-corrected chi connectivity index (χ2v) is 9.00. The van der Waals surface area contributed by atoms with Crippen LogP contribution in [-0.2, 0) is 4.79 Å². The normalized spacial score (nSPS) is 14.1. The van der Waals surface area contributed by atoms with Crippen LogP contribution >= 0.6 is 0 Å². The quantitative estimate of drug-likeness (QED) is 0.227. The second kappa shape index (κ2) is 10.6. The van der Waals surface area contributed by atoms with Gasteiger partial charge in [-0.1, -0.05) is 66.7 Å². The van der Waals surface area contributed by atoms with E-state index in [0.717, 1.165) is 33.8 Å². The molecular weight excluding hydrogens is 484 g/mol. The average Bonchev–Trinajstić information content (AvgIpc) is 3.56. The molecule has 0 atom stereocenters. The molecule has 6 nitrogen and oxygen atoms in total. The van der Waals surface area contributed by atoms with Crippen LogP contribution in [0.4, 0.5) is 5.69 Å². The Labute approximate surface area is 227 Å². The summed E-state index contributed by atoms with van der Waals surface area (Å²) in [4.78, 5) is 13.8. The fourth-order valence-electron chi connectivity index (χ4n) is 4.56. The molecule has 0 N–H and O–H groups in total. The van der Waals surface area contributed by atoms with Gasteiger partial charge in [-0.2, -0.15) is 15.2 Å². The highest BCUT2D eigenvalue weighted by molar-refractivity contribution is 6.37. The van der Waals surface area contributed by atoms with Crippen LogP contribution in [0.15, 0.2) is 132 Å². The van der Waals surface area contributed by atoms with E-state index in [2.05, 4.69) is 0 Å². The molecule has 0 spiro atoms. The number of amides is 1. The summed E-state index contributed by atoms with van der Waals surface area (Å²) in [7, 11) is 0. The molecule has 0 unspecified atom stereocenters. The van der Waals surface area contributed by atoms with E-state index in [1.807, 2.05) is 139 Å². The molecule has 1 aromatic heterocycles. The maximum Gasteiger partial charge on any atom is 0.281 e. The SMILES string of the molecule is CCOc1ccc(-c2nn(-c3ccccc3)cc2C=C2C(=O)N(c3ccccc3)N=C2c2ccccc2)cc1. The molecule has 2 heterocycles. The maximum atomic E-state index is 13.8. The van der Waals surface area contributed by atoms with Gasteiger partial charge in [-0.3, -0.25) is 4.79 Å². The molecular formula is C33H26N4O2. The van der Waals surface area contributed by atoms with Crippen molar-refractivity contribution in [2.24, 2.45) is 5.10 Å². The summed E-state index contributed by atoms with van der Waals surface area (Å²) in [5, 5.41) is 11.2. The molecule has 0 aliphatic carbocycles. The Bertz CT molecular complexity index is 1660. The number of anilines is 1. The number of benzene rings is 4. The van der Waals surface area contributed by atoms with Gasteiger partial charge in [-0.25, -0.2) is 4.68 Å². The molecule has 6 heteroatoms. The van der Waals surface area contributed by atoms with Crippen molar-refractivity contribution in [3.63, 3.8) is 0 Å². The van der Waals surface area contributed by atoms with Gasteiger partial charge in [0.25, 0.3) is 5.91 Å². The molecule has 4 aromatic carbocycles.